The van der Waals surface area contributed by atoms with Crippen LogP contribution in [0.1, 0.15) is 80.1 Å². The van der Waals surface area contributed by atoms with Gasteiger partial charge in [-0.2, -0.15) is 9.81 Å². The van der Waals surface area contributed by atoms with Gasteiger partial charge in [-0.3, -0.25) is 9.59 Å². The first kappa shape index (κ1) is 45.9. The second-order valence-corrected chi connectivity index (χ2v) is 13.1. The van der Waals surface area contributed by atoms with E-state index in [1.54, 1.807) is 21.0 Å². The monoisotopic (exact) mass is 690 g/mol. The van der Waals surface area contributed by atoms with Crippen molar-refractivity contribution in [2.24, 2.45) is 16.3 Å². The summed E-state index contributed by atoms with van der Waals surface area (Å²) in [6.07, 6.45) is 3.49. The van der Waals surface area contributed by atoms with Gasteiger partial charge in [-0.25, -0.2) is 0 Å². The van der Waals surface area contributed by atoms with Crippen molar-refractivity contribution in [3.8, 4) is 0 Å². The van der Waals surface area contributed by atoms with Crippen molar-refractivity contribution in [2.75, 3.05) is 92.8 Å². The van der Waals surface area contributed by atoms with Crippen molar-refractivity contribution in [1.82, 2.24) is 21.3 Å². The van der Waals surface area contributed by atoms with Gasteiger partial charge < -0.3 is 45.0 Å². The molecule has 48 heavy (non-hydrogen) atoms. The lowest BCUT2D eigenvalue weighted by Gasteiger charge is -2.31. The predicted octanol–water partition coefficient (Wildman–Crippen LogP) is 2.93. The fourth-order valence-corrected chi connectivity index (χ4v) is 4.36. The second-order valence-electron chi connectivity index (χ2n) is 13.1. The van der Waals surface area contributed by atoms with Gasteiger partial charge in [-0.05, 0) is 86.2 Å². The third kappa shape index (κ3) is 24.9. The molecule has 0 rings (SSSR count). The summed E-state index contributed by atoms with van der Waals surface area (Å²) in [7, 11) is 1.63. The van der Waals surface area contributed by atoms with Crippen LogP contribution in [0, 0.1) is 15.7 Å². The SMILES string of the molecule is COCCOCCOCCOCCOCCNC(=O)CCCC(=O)NCCC(CCNC(C)(C)C(C)N=O)CCNC(C)(C)C(C)N=O. The van der Waals surface area contributed by atoms with Crippen molar-refractivity contribution in [3.63, 3.8) is 0 Å². The highest BCUT2D eigenvalue weighted by Gasteiger charge is 2.27. The summed E-state index contributed by atoms with van der Waals surface area (Å²) in [5.41, 5.74) is -0.839. The molecule has 0 fully saturated rings. The van der Waals surface area contributed by atoms with Crippen LogP contribution in [0.5, 0.6) is 0 Å². The maximum atomic E-state index is 12.4. The van der Waals surface area contributed by atoms with Crippen LogP contribution < -0.4 is 21.3 Å². The molecule has 0 aliphatic carbocycles. The molecule has 2 amide bonds. The van der Waals surface area contributed by atoms with E-state index in [1.807, 2.05) is 27.7 Å². The molecule has 15 nitrogen and oxygen atoms in total. The van der Waals surface area contributed by atoms with E-state index in [1.165, 1.54) is 0 Å². The molecule has 15 heteroatoms. The summed E-state index contributed by atoms with van der Waals surface area (Å²) in [5, 5.41) is 19.0. The van der Waals surface area contributed by atoms with Crippen LogP contribution in [0.2, 0.25) is 0 Å². The number of nitrogens with one attached hydrogen (secondary N) is 4. The zero-order valence-electron chi connectivity index (χ0n) is 30.7. The van der Waals surface area contributed by atoms with Gasteiger partial charge in [-0.1, -0.05) is 10.4 Å². The van der Waals surface area contributed by atoms with Crippen molar-refractivity contribution in [3.05, 3.63) is 9.81 Å². The Kier molecular flexibility index (Phi) is 27.4. The van der Waals surface area contributed by atoms with Crippen LogP contribution in [0.25, 0.3) is 0 Å². The molecule has 0 aromatic heterocycles. The summed E-state index contributed by atoms with van der Waals surface area (Å²) in [5.74, 6) is 0.0996. The summed E-state index contributed by atoms with van der Waals surface area (Å²) in [6, 6.07) is -0.731. The third-order valence-electron chi connectivity index (χ3n) is 8.47. The standard InChI is InChI=1S/C33H66N6O9/c1-27(38-42)32(3,4)36-15-12-29(13-16-37-33(5,6)28(2)39-43)11-14-34-30(40)9-8-10-31(41)35-17-18-45-21-22-47-25-26-48-24-23-46-20-19-44-7/h27-29,36-37H,8-26H2,1-7H3,(H,34,40)(H,35,41). The number of hydrogen-bond donors (Lipinski definition) is 4. The van der Waals surface area contributed by atoms with Crippen LogP contribution in [0.15, 0.2) is 10.4 Å². The molecule has 0 saturated carbocycles. The minimum absolute atomic E-state index is 0.0824. The van der Waals surface area contributed by atoms with Crippen LogP contribution in [0.3, 0.4) is 0 Å². The van der Waals surface area contributed by atoms with Crippen LogP contribution in [-0.2, 0) is 33.3 Å². The van der Waals surface area contributed by atoms with Gasteiger partial charge in [0.05, 0.1) is 59.5 Å². The lowest BCUT2D eigenvalue weighted by atomic mass is 9.92. The summed E-state index contributed by atoms with van der Waals surface area (Å²) in [6.45, 7) is 18.1. The summed E-state index contributed by atoms with van der Waals surface area (Å²) < 4.78 is 26.5. The van der Waals surface area contributed by atoms with Crippen LogP contribution in [-0.4, -0.2) is 128 Å². The van der Waals surface area contributed by atoms with E-state index in [4.69, 9.17) is 23.7 Å². The molecule has 0 radical (unpaired) electrons. The van der Waals surface area contributed by atoms with Crippen molar-refractivity contribution >= 4 is 11.8 Å². The fraction of sp³-hybridized carbons (Fsp3) is 0.939. The third-order valence-corrected chi connectivity index (χ3v) is 8.47. The van der Waals surface area contributed by atoms with Gasteiger partial charge in [0.25, 0.3) is 0 Å². The van der Waals surface area contributed by atoms with E-state index < -0.39 is 11.1 Å². The minimum atomic E-state index is -0.420. The van der Waals surface area contributed by atoms with Gasteiger partial charge in [0.15, 0.2) is 0 Å². The molecule has 282 valence electrons. The fourth-order valence-electron chi connectivity index (χ4n) is 4.36. The number of nitrogens with zero attached hydrogens (tertiary/aromatic N) is 2. The van der Waals surface area contributed by atoms with Gasteiger partial charge in [0, 0.05) is 44.1 Å². The highest BCUT2D eigenvalue weighted by atomic mass is 16.6. The van der Waals surface area contributed by atoms with Gasteiger partial charge >= 0.3 is 0 Å². The number of methoxy groups -OCH3 is 1. The maximum Gasteiger partial charge on any atom is 0.220 e. The number of hydrogen-bond acceptors (Lipinski definition) is 13. The zero-order chi connectivity index (χ0) is 36.1. The molecule has 4 N–H and O–H groups in total. The molecule has 0 bridgehead atoms. The molecule has 0 spiro atoms. The van der Waals surface area contributed by atoms with E-state index in [-0.39, 0.29) is 36.7 Å². The zero-order valence-corrected chi connectivity index (χ0v) is 30.7. The molecule has 0 aliphatic heterocycles. The molecular formula is C33H66N6O9. The Balaban J connectivity index is 4.14. The Morgan fingerprint density at radius 1 is 0.583 bits per heavy atom. The van der Waals surface area contributed by atoms with Gasteiger partial charge in [-0.15, -0.1) is 0 Å². The Hall–Kier alpha value is -2.14. The second kappa shape index (κ2) is 28.7. The minimum Gasteiger partial charge on any atom is -0.382 e. The number of carbonyl (C=O) groups excluding carboxylic acids is 2. The molecule has 0 saturated heterocycles. The normalized spacial score (nSPS) is 13.9. The first-order valence-electron chi connectivity index (χ1n) is 17.4. The molecule has 2 unspecified atom stereocenters. The molecule has 2 atom stereocenters. The largest absolute Gasteiger partial charge is 0.382 e. The summed E-state index contributed by atoms with van der Waals surface area (Å²) in [4.78, 5) is 46.6. The first-order chi connectivity index (χ1) is 22.9. The average Bonchev–Trinajstić information content (AvgIpc) is 3.05. The number of carbonyl (C=O) groups is 2. The number of rotatable bonds is 34. The van der Waals surface area contributed by atoms with Gasteiger partial charge in [0.2, 0.25) is 11.8 Å². The lowest BCUT2D eigenvalue weighted by Crippen LogP contribution is -2.48. The molecular weight excluding hydrogens is 624 g/mol. The number of amides is 2. The van der Waals surface area contributed by atoms with E-state index in [9.17, 15) is 19.4 Å². The Labute approximate surface area is 288 Å². The molecule has 0 aromatic carbocycles. The van der Waals surface area contributed by atoms with Gasteiger partial charge in [0.1, 0.15) is 12.1 Å². The quantitative estimate of drug-likeness (QED) is 0.0574. The molecule has 0 aromatic rings. The van der Waals surface area contributed by atoms with Crippen molar-refractivity contribution < 1.29 is 33.3 Å². The van der Waals surface area contributed by atoms with Crippen molar-refractivity contribution in [2.45, 2.75) is 103 Å². The Morgan fingerprint density at radius 2 is 0.958 bits per heavy atom. The number of ether oxygens (including phenoxy) is 5. The molecule has 0 aliphatic rings. The van der Waals surface area contributed by atoms with Crippen molar-refractivity contribution in [1.29, 1.82) is 0 Å². The average molecular weight is 691 g/mol. The van der Waals surface area contributed by atoms with E-state index >= 15 is 0 Å². The Bertz CT molecular complexity index is 818. The van der Waals surface area contributed by atoms with E-state index in [0.717, 1.165) is 19.3 Å². The van der Waals surface area contributed by atoms with E-state index in [0.29, 0.717) is 98.0 Å². The maximum absolute atomic E-state index is 12.4. The lowest BCUT2D eigenvalue weighted by molar-refractivity contribution is -0.122. The topological polar surface area (TPSA) is 187 Å². The highest BCUT2D eigenvalue weighted by molar-refractivity contribution is 5.78. The number of nitroso groups, excluding NO2 is 2. The predicted molar refractivity (Wildman–Crippen MR) is 187 cm³/mol. The summed E-state index contributed by atoms with van der Waals surface area (Å²) >= 11 is 0. The highest BCUT2D eigenvalue weighted by Crippen LogP contribution is 2.18. The van der Waals surface area contributed by atoms with E-state index in [2.05, 4.69) is 31.6 Å². The van der Waals surface area contributed by atoms with Crippen LogP contribution >= 0.6 is 0 Å². The smallest absolute Gasteiger partial charge is 0.220 e. The first-order valence-corrected chi connectivity index (χ1v) is 17.4. The molecule has 0 heterocycles. The Morgan fingerprint density at radius 3 is 1.38 bits per heavy atom. The van der Waals surface area contributed by atoms with Crippen LogP contribution in [0.4, 0.5) is 0 Å².